The van der Waals surface area contributed by atoms with Crippen molar-refractivity contribution in [3.63, 3.8) is 0 Å². The van der Waals surface area contributed by atoms with Crippen LogP contribution in [-0.2, 0) is 15.8 Å². The van der Waals surface area contributed by atoms with E-state index in [1.165, 1.54) is 19.4 Å². The van der Waals surface area contributed by atoms with E-state index in [1.807, 2.05) is 0 Å². The fraction of sp³-hybridized carbons (Fsp3) is 0.263. The van der Waals surface area contributed by atoms with Crippen molar-refractivity contribution in [2.24, 2.45) is 0 Å². The molecule has 1 aromatic carbocycles. The molecule has 0 aliphatic rings. The lowest BCUT2D eigenvalue weighted by atomic mass is 10.2. The quantitative estimate of drug-likeness (QED) is 0.488. The van der Waals surface area contributed by atoms with Gasteiger partial charge in [-0.2, -0.15) is 13.2 Å². The van der Waals surface area contributed by atoms with Crippen LogP contribution < -0.4 is 5.32 Å². The lowest BCUT2D eigenvalue weighted by Crippen LogP contribution is -2.36. The van der Waals surface area contributed by atoms with Gasteiger partial charge in [-0.05, 0) is 31.2 Å². The fourth-order valence-corrected chi connectivity index (χ4v) is 3.47. The Morgan fingerprint density at radius 3 is 2.66 bits per heavy atom. The Hall–Kier alpha value is -2.99. The highest BCUT2D eigenvalue weighted by molar-refractivity contribution is 7.99. The molecular formula is C19H16ClF3N4O4S. The molecule has 0 unspecified atom stereocenters. The number of aryl methyl sites for hydroxylation is 1. The molecule has 0 bridgehead atoms. The van der Waals surface area contributed by atoms with Crippen LogP contribution in [0.25, 0.3) is 11.5 Å². The van der Waals surface area contributed by atoms with Gasteiger partial charge < -0.3 is 19.1 Å². The number of furan rings is 1. The number of carbonyl (C=O) groups excluding carboxylic acids is 2. The number of anilines is 1. The van der Waals surface area contributed by atoms with Crippen molar-refractivity contribution in [1.29, 1.82) is 0 Å². The third-order valence-corrected chi connectivity index (χ3v) is 5.31. The van der Waals surface area contributed by atoms with Gasteiger partial charge >= 0.3 is 6.18 Å². The Morgan fingerprint density at radius 1 is 1.25 bits per heavy atom. The van der Waals surface area contributed by atoms with Crippen LogP contribution in [0.2, 0.25) is 5.02 Å². The Labute approximate surface area is 189 Å². The molecule has 0 atom stereocenters. The summed E-state index contributed by atoms with van der Waals surface area (Å²) in [4.78, 5) is 25.5. The van der Waals surface area contributed by atoms with Crippen LogP contribution in [0.3, 0.4) is 0 Å². The second kappa shape index (κ2) is 9.65. The first kappa shape index (κ1) is 23.7. The third kappa shape index (κ3) is 5.82. The van der Waals surface area contributed by atoms with E-state index in [0.717, 1.165) is 28.8 Å². The number of likely N-dealkylation sites (N-methyl/N-ethyl adjacent to an activating group) is 1. The predicted octanol–water partition coefficient (Wildman–Crippen LogP) is 4.50. The lowest BCUT2D eigenvalue weighted by Gasteiger charge is -2.17. The number of hydrogen-bond acceptors (Lipinski definition) is 7. The Kier molecular flexibility index (Phi) is 7.14. The maximum absolute atomic E-state index is 12.9. The molecule has 0 spiro atoms. The van der Waals surface area contributed by atoms with Gasteiger partial charge in [0.2, 0.25) is 11.8 Å². The van der Waals surface area contributed by atoms with E-state index in [1.54, 1.807) is 13.0 Å². The highest BCUT2D eigenvalue weighted by atomic mass is 35.5. The zero-order valence-corrected chi connectivity index (χ0v) is 18.3. The minimum absolute atomic E-state index is 0.0881. The molecule has 1 N–H and O–H groups in total. The lowest BCUT2D eigenvalue weighted by molar-refractivity contribution is -0.137. The number of thioether (sulfide) groups is 1. The maximum atomic E-state index is 12.9. The van der Waals surface area contributed by atoms with Crippen LogP contribution >= 0.6 is 23.4 Å². The molecule has 8 nitrogen and oxygen atoms in total. The number of hydrogen-bond donors (Lipinski definition) is 1. The van der Waals surface area contributed by atoms with Gasteiger partial charge in [-0.25, -0.2) is 0 Å². The van der Waals surface area contributed by atoms with Crippen molar-refractivity contribution < 1.29 is 31.6 Å². The molecule has 2 heterocycles. The summed E-state index contributed by atoms with van der Waals surface area (Å²) in [6.45, 7) is 1.37. The molecule has 0 radical (unpaired) electrons. The summed E-state index contributed by atoms with van der Waals surface area (Å²) >= 11 is 6.54. The number of carbonyl (C=O) groups is 2. The summed E-state index contributed by atoms with van der Waals surface area (Å²) < 4.78 is 49.4. The topological polar surface area (TPSA) is 101 Å². The van der Waals surface area contributed by atoms with E-state index >= 15 is 0 Å². The van der Waals surface area contributed by atoms with Gasteiger partial charge in [0.05, 0.1) is 34.7 Å². The fourth-order valence-electron chi connectivity index (χ4n) is 2.54. The summed E-state index contributed by atoms with van der Waals surface area (Å²) in [7, 11) is 1.39. The van der Waals surface area contributed by atoms with Crippen molar-refractivity contribution >= 4 is 40.9 Å². The molecule has 0 fully saturated rings. The number of amides is 2. The molecule has 13 heteroatoms. The Balaban J connectivity index is 1.52. The van der Waals surface area contributed by atoms with Crippen LogP contribution in [0.5, 0.6) is 0 Å². The van der Waals surface area contributed by atoms with Crippen molar-refractivity contribution in [3.05, 3.63) is 46.9 Å². The molecule has 170 valence electrons. The standard InChI is InChI=1S/C19H16ClF3N4O4S/c1-10-12(5-6-30-10)17-25-26-18(31-17)32-9-16(29)27(2)8-15(28)24-11-3-4-14(20)13(7-11)19(21,22)23/h3-7H,8-9H2,1-2H3,(H,24,28). The van der Waals surface area contributed by atoms with Crippen molar-refractivity contribution in [3.8, 4) is 11.5 Å². The van der Waals surface area contributed by atoms with E-state index < -0.39 is 28.6 Å². The molecule has 3 aromatic rings. The summed E-state index contributed by atoms with van der Waals surface area (Å²) in [5.74, 6) is -0.321. The predicted molar refractivity (Wildman–Crippen MR) is 110 cm³/mol. The number of aromatic nitrogens is 2. The van der Waals surface area contributed by atoms with E-state index in [2.05, 4.69) is 15.5 Å². The van der Waals surface area contributed by atoms with E-state index in [4.69, 9.17) is 20.4 Å². The second-order valence-electron chi connectivity index (χ2n) is 6.54. The molecule has 0 aliphatic carbocycles. The monoisotopic (exact) mass is 488 g/mol. The van der Waals surface area contributed by atoms with Crippen LogP contribution in [0.15, 0.2) is 44.6 Å². The van der Waals surface area contributed by atoms with E-state index in [9.17, 15) is 22.8 Å². The van der Waals surface area contributed by atoms with Gasteiger partial charge in [0.15, 0.2) is 0 Å². The van der Waals surface area contributed by atoms with Crippen LogP contribution in [-0.4, -0.2) is 46.3 Å². The summed E-state index contributed by atoms with van der Waals surface area (Å²) in [5.41, 5.74) is -0.516. The zero-order chi connectivity index (χ0) is 23.5. The molecular weight excluding hydrogens is 473 g/mol. The first-order valence-electron chi connectivity index (χ1n) is 8.96. The number of halogens is 4. The first-order valence-corrected chi connectivity index (χ1v) is 10.3. The molecule has 2 amide bonds. The minimum Gasteiger partial charge on any atom is -0.469 e. The number of alkyl halides is 3. The smallest absolute Gasteiger partial charge is 0.417 e. The van der Waals surface area contributed by atoms with E-state index in [-0.39, 0.29) is 29.1 Å². The highest BCUT2D eigenvalue weighted by Crippen LogP contribution is 2.36. The van der Waals surface area contributed by atoms with Crippen molar-refractivity contribution in [1.82, 2.24) is 15.1 Å². The zero-order valence-electron chi connectivity index (χ0n) is 16.7. The van der Waals surface area contributed by atoms with Gasteiger partial charge in [0.25, 0.3) is 11.1 Å². The van der Waals surface area contributed by atoms with Gasteiger partial charge in [-0.3, -0.25) is 9.59 Å². The molecule has 0 saturated carbocycles. The molecule has 0 aliphatic heterocycles. The third-order valence-electron chi connectivity index (χ3n) is 4.18. The summed E-state index contributed by atoms with van der Waals surface area (Å²) in [6.07, 6.45) is -3.17. The van der Waals surface area contributed by atoms with Crippen molar-refractivity contribution in [2.75, 3.05) is 24.7 Å². The molecule has 0 saturated heterocycles. The second-order valence-corrected chi connectivity index (χ2v) is 7.88. The molecule has 3 rings (SSSR count). The molecule has 32 heavy (non-hydrogen) atoms. The largest absolute Gasteiger partial charge is 0.469 e. The van der Waals surface area contributed by atoms with Gasteiger partial charge in [-0.15, -0.1) is 10.2 Å². The summed E-state index contributed by atoms with van der Waals surface area (Å²) in [6, 6.07) is 4.68. The highest BCUT2D eigenvalue weighted by Gasteiger charge is 2.33. The van der Waals surface area contributed by atoms with Crippen LogP contribution in [0.1, 0.15) is 11.3 Å². The maximum Gasteiger partial charge on any atom is 0.417 e. The Bertz CT molecular complexity index is 1130. The van der Waals surface area contributed by atoms with Gasteiger partial charge in [0.1, 0.15) is 5.76 Å². The normalized spacial score (nSPS) is 11.4. The number of benzene rings is 1. The van der Waals surface area contributed by atoms with Crippen molar-refractivity contribution in [2.45, 2.75) is 18.3 Å². The van der Waals surface area contributed by atoms with E-state index in [0.29, 0.717) is 11.3 Å². The molecule has 2 aromatic heterocycles. The number of nitrogens with zero attached hydrogens (tertiary/aromatic N) is 3. The summed E-state index contributed by atoms with van der Waals surface area (Å²) in [5, 5.41) is 9.74. The number of rotatable bonds is 7. The SMILES string of the molecule is Cc1occc1-c1nnc(SCC(=O)N(C)CC(=O)Nc2ccc(Cl)c(C(F)(F)F)c2)o1. The average molecular weight is 489 g/mol. The average Bonchev–Trinajstić information content (AvgIpc) is 3.35. The van der Waals surface area contributed by atoms with Gasteiger partial charge in [0, 0.05) is 12.7 Å². The minimum atomic E-state index is -4.66. The Morgan fingerprint density at radius 2 is 2.00 bits per heavy atom. The first-order chi connectivity index (χ1) is 15.0. The van der Waals surface area contributed by atoms with Gasteiger partial charge in [-0.1, -0.05) is 23.4 Å². The van der Waals surface area contributed by atoms with Crippen LogP contribution in [0.4, 0.5) is 18.9 Å². The van der Waals surface area contributed by atoms with Crippen LogP contribution in [0, 0.1) is 6.92 Å². The number of nitrogens with one attached hydrogen (secondary N) is 1.